The lowest BCUT2D eigenvalue weighted by Gasteiger charge is -2.17. The Kier molecular flexibility index (Phi) is 3.03. The Morgan fingerprint density at radius 2 is 1.92 bits per heavy atom. The average molecular weight is 182 g/mol. The molecule has 0 saturated heterocycles. The molecule has 13 heavy (non-hydrogen) atoms. The molecular formula is C9H18N4. The zero-order chi connectivity index (χ0) is 10.0. The van der Waals surface area contributed by atoms with E-state index >= 15 is 0 Å². The largest absolute Gasteiger partial charge is 0.321 e. The van der Waals surface area contributed by atoms with Crippen LogP contribution in [0.15, 0.2) is 6.33 Å². The summed E-state index contributed by atoms with van der Waals surface area (Å²) < 4.78 is 2.02. The van der Waals surface area contributed by atoms with Crippen molar-refractivity contribution < 1.29 is 0 Å². The van der Waals surface area contributed by atoms with Gasteiger partial charge in [-0.25, -0.2) is 0 Å². The Labute approximate surface area is 79.2 Å². The van der Waals surface area contributed by atoms with Gasteiger partial charge in [0.05, 0.1) is 6.04 Å². The molecule has 0 aliphatic rings. The van der Waals surface area contributed by atoms with E-state index in [2.05, 4.69) is 37.9 Å². The van der Waals surface area contributed by atoms with Crippen molar-refractivity contribution in [1.29, 1.82) is 0 Å². The molecule has 0 radical (unpaired) electrons. The molecule has 1 rings (SSSR count). The third-order valence-electron chi connectivity index (χ3n) is 2.17. The zero-order valence-corrected chi connectivity index (χ0v) is 8.73. The zero-order valence-electron chi connectivity index (χ0n) is 8.73. The molecular weight excluding hydrogens is 164 g/mol. The van der Waals surface area contributed by atoms with E-state index in [-0.39, 0.29) is 6.04 Å². The fourth-order valence-corrected chi connectivity index (χ4v) is 1.19. The molecule has 4 nitrogen and oxygen atoms in total. The van der Waals surface area contributed by atoms with Crippen LogP contribution < -0.4 is 5.73 Å². The number of rotatable bonds is 3. The summed E-state index contributed by atoms with van der Waals surface area (Å²) >= 11 is 0. The minimum Gasteiger partial charge on any atom is -0.321 e. The predicted octanol–water partition coefficient (Wildman–Crippen LogP) is 1.51. The number of nitrogens with zero attached hydrogens (tertiary/aromatic N) is 3. The van der Waals surface area contributed by atoms with Gasteiger partial charge in [0.15, 0.2) is 0 Å². The third-order valence-corrected chi connectivity index (χ3v) is 2.17. The van der Waals surface area contributed by atoms with Gasteiger partial charge in [-0.1, -0.05) is 13.8 Å². The molecule has 1 aromatic rings. The van der Waals surface area contributed by atoms with Gasteiger partial charge in [0.2, 0.25) is 0 Å². The first-order valence-electron chi connectivity index (χ1n) is 4.69. The van der Waals surface area contributed by atoms with Gasteiger partial charge in [0.25, 0.3) is 0 Å². The van der Waals surface area contributed by atoms with Crippen molar-refractivity contribution in [2.45, 2.75) is 39.8 Å². The molecule has 1 heterocycles. The third kappa shape index (κ3) is 2.06. The number of hydrogen-bond acceptors (Lipinski definition) is 3. The molecule has 0 saturated carbocycles. The Balaban J connectivity index is 2.93. The smallest absolute Gasteiger partial charge is 0.150 e. The highest BCUT2D eigenvalue weighted by atomic mass is 15.3. The van der Waals surface area contributed by atoms with Crippen molar-refractivity contribution in [1.82, 2.24) is 14.8 Å². The van der Waals surface area contributed by atoms with Crippen LogP contribution in [0.5, 0.6) is 0 Å². The van der Waals surface area contributed by atoms with E-state index in [4.69, 9.17) is 5.73 Å². The topological polar surface area (TPSA) is 56.7 Å². The first kappa shape index (κ1) is 10.2. The highest BCUT2D eigenvalue weighted by Crippen LogP contribution is 2.18. The van der Waals surface area contributed by atoms with Crippen LogP contribution in [0.2, 0.25) is 0 Å². The van der Waals surface area contributed by atoms with E-state index in [1.54, 1.807) is 6.33 Å². The first-order chi connectivity index (χ1) is 6.04. The molecule has 0 unspecified atom stereocenters. The van der Waals surface area contributed by atoms with E-state index in [1.165, 1.54) is 0 Å². The minimum absolute atomic E-state index is 0.0232. The highest BCUT2D eigenvalue weighted by molar-refractivity contribution is 4.96. The molecule has 0 aliphatic heterocycles. The Hall–Kier alpha value is -0.900. The van der Waals surface area contributed by atoms with Crippen LogP contribution >= 0.6 is 0 Å². The van der Waals surface area contributed by atoms with Gasteiger partial charge in [0.1, 0.15) is 12.2 Å². The van der Waals surface area contributed by atoms with E-state index in [9.17, 15) is 0 Å². The van der Waals surface area contributed by atoms with Gasteiger partial charge in [0, 0.05) is 6.04 Å². The van der Waals surface area contributed by atoms with Crippen LogP contribution in [0.1, 0.15) is 45.6 Å². The van der Waals surface area contributed by atoms with Gasteiger partial charge < -0.3 is 10.3 Å². The standard InChI is InChI=1S/C9H18N4/c1-6(2)8(10)9-12-11-5-13(9)7(3)4/h5-8H,10H2,1-4H3/t8-/m0/s1. The monoisotopic (exact) mass is 182 g/mol. The first-order valence-corrected chi connectivity index (χ1v) is 4.69. The molecule has 2 N–H and O–H groups in total. The van der Waals surface area contributed by atoms with E-state index < -0.39 is 0 Å². The molecule has 1 aromatic heterocycles. The average Bonchev–Trinajstić information content (AvgIpc) is 2.50. The van der Waals surface area contributed by atoms with E-state index in [1.807, 2.05) is 4.57 Å². The summed E-state index contributed by atoms with van der Waals surface area (Å²) in [5.41, 5.74) is 6.00. The van der Waals surface area contributed by atoms with E-state index in [0.717, 1.165) is 5.82 Å². The molecule has 0 bridgehead atoms. The quantitative estimate of drug-likeness (QED) is 0.771. The lowest BCUT2D eigenvalue weighted by atomic mass is 10.0. The van der Waals surface area contributed by atoms with Crippen molar-refractivity contribution in [3.05, 3.63) is 12.2 Å². The van der Waals surface area contributed by atoms with Crippen LogP contribution in [0.3, 0.4) is 0 Å². The van der Waals surface area contributed by atoms with Crippen LogP contribution in [-0.2, 0) is 0 Å². The van der Waals surface area contributed by atoms with Gasteiger partial charge in [-0.3, -0.25) is 0 Å². The number of nitrogens with two attached hydrogens (primary N) is 1. The lowest BCUT2D eigenvalue weighted by molar-refractivity contribution is 0.448. The van der Waals surface area contributed by atoms with Crippen LogP contribution in [0.4, 0.5) is 0 Å². The fourth-order valence-electron chi connectivity index (χ4n) is 1.19. The molecule has 1 atom stereocenters. The van der Waals surface area contributed by atoms with Gasteiger partial charge in [-0.2, -0.15) is 0 Å². The molecule has 0 aromatic carbocycles. The van der Waals surface area contributed by atoms with Gasteiger partial charge >= 0.3 is 0 Å². The summed E-state index contributed by atoms with van der Waals surface area (Å²) in [4.78, 5) is 0. The molecule has 4 heteroatoms. The second-order valence-electron chi connectivity index (χ2n) is 3.96. The van der Waals surface area contributed by atoms with E-state index in [0.29, 0.717) is 12.0 Å². The SMILES string of the molecule is CC(C)[C@H](N)c1nncn1C(C)C. The Bertz CT molecular complexity index is 264. The molecule has 0 amide bonds. The summed E-state index contributed by atoms with van der Waals surface area (Å²) in [7, 11) is 0. The number of aromatic nitrogens is 3. The summed E-state index contributed by atoms with van der Waals surface area (Å²) in [6, 6.07) is 0.347. The summed E-state index contributed by atoms with van der Waals surface area (Å²) in [6.45, 7) is 8.37. The van der Waals surface area contributed by atoms with Crippen LogP contribution in [0, 0.1) is 5.92 Å². The maximum absolute atomic E-state index is 6.00. The van der Waals surface area contributed by atoms with Crippen molar-refractivity contribution >= 4 is 0 Å². The Morgan fingerprint density at radius 3 is 2.38 bits per heavy atom. The Morgan fingerprint density at radius 1 is 1.31 bits per heavy atom. The second-order valence-corrected chi connectivity index (χ2v) is 3.96. The molecule has 0 aliphatic carbocycles. The van der Waals surface area contributed by atoms with Crippen LogP contribution in [0.25, 0.3) is 0 Å². The molecule has 74 valence electrons. The maximum atomic E-state index is 6.00. The fraction of sp³-hybridized carbons (Fsp3) is 0.778. The van der Waals surface area contributed by atoms with Gasteiger partial charge in [-0.15, -0.1) is 10.2 Å². The van der Waals surface area contributed by atoms with Gasteiger partial charge in [-0.05, 0) is 19.8 Å². The van der Waals surface area contributed by atoms with Crippen molar-refractivity contribution in [2.75, 3.05) is 0 Å². The minimum atomic E-state index is -0.0232. The molecule has 0 fully saturated rings. The van der Waals surface area contributed by atoms with Crippen LogP contribution in [-0.4, -0.2) is 14.8 Å². The second kappa shape index (κ2) is 3.87. The van der Waals surface area contributed by atoms with Crippen molar-refractivity contribution in [2.24, 2.45) is 11.7 Å². The summed E-state index contributed by atoms with van der Waals surface area (Å²) in [5.74, 6) is 1.27. The lowest BCUT2D eigenvalue weighted by Crippen LogP contribution is -2.22. The summed E-state index contributed by atoms with van der Waals surface area (Å²) in [6.07, 6.45) is 1.74. The number of hydrogen-bond donors (Lipinski definition) is 1. The normalized spacial score (nSPS) is 14.1. The maximum Gasteiger partial charge on any atom is 0.150 e. The van der Waals surface area contributed by atoms with Crippen molar-refractivity contribution in [3.8, 4) is 0 Å². The highest BCUT2D eigenvalue weighted by Gasteiger charge is 2.17. The summed E-state index contributed by atoms with van der Waals surface area (Å²) in [5, 5.41) is 7.93. The van der Waals surface area contributed by atoms with Crippen molar-refractivity contribution in [3.63, 3.8) is 0 Å². The molecule has 0 spiro atoms. The predicted molar refractivity (Wildman–Crippen MR) is 52.2 cm³/mol.